The average molecular weight is 298 g/mol. The Morgan fingerprint density at radius 3 is 2.33 bits per heavy atom. The largest absolute Gasteiger partial charge is 0.416 e. The molecule has 0 bridgehead atoms. The predicted molar refractivity (Wildman–Crippen MR) is 75.9 cm³/mol. The highest BCUT2D eigenvalue weighted by Crippen LogP contribution is 2.31. The number of nitrogens with one attached hydrogen (secondary N) is 1. The van der Waals surface area contributed by atoms with E-state index in [2.05, 4.69) is 10.2 Å². The zero-order valence-corrected chi connectivity index (χ0v) is 12.0. The topological polar surface area (TPSA) is 15.3 Å². The van der Waals surface area contributed by atoms with Crippen molar-refractivity contribution in [3.05, 3.63) is 35.4 Å². The van der Waals surface area contributed by atoms with Crippen LogP contribution >= 0.6 is 0 Å². The summed E-state index contributed by atoms with van der Waals surface area (Å²) in [5.41, 5.74) is 0.398. The summed E-state index contributed by atoms with van der Waals surface area (Å²) in [7, 11) is 0. The molecule has 1 N–H and O–H groups in total. The van der Waals surface area contributed by atoms with Crippen LogP contribution in [0.5, 0.6) is 0 Å². The Hall–Kier alpha value is -1.07. The quantitative estimate of drug-likeness (QED) is 0.896. The molecule has 1 aromatic carbocycles. The highest BCUT2D eigenvalue weighted by atomic mass is 19.4. The number of halogens is 3. The SMILES string of the molecule is FC(F)(F)c1ccc(CN(CC2CCCN2)C2CC2)cc1. The lowest BCUT2D eigenvalue weighted by molar-refractivity contribution is -0.137. The van der Waals surface area contributed by atoms with Crippen LogP contribution in [-0.4, -0.2) is 30.1 Å². The van der Waals surface area contributed by atoms with Gasteiger partial charge in [-0.2, -0.15) is 13.2 Å². The molecule has 2 fully saturated rings. The van der Waals surface area contributed by atoms with E-state index in [0.29, 0.717) is 12.1 Å². The van der Waals surface area contributed by atoms with Gasteiger partial charge in [0.05, 0.1) is 5.56 Å². The minimum atomic E-state index is -4.25. The third-order valence-electron chi connectivity index (χ3n) is 4.35. The first kappa shape index (κ1) is 14.9. The molecule has 1 aliphatic heterocycles. The minimum Gasteiger partial charge on any atom is -0.313 e. The third-order valence-corrected chi connectivity index (χ3v) is 4.35. The molecule has 0 amide bonds. The molecule has 0 aromatic heterocycles. The molecule has 5 heteroatoms. The number of alkyl halides is 3. The Labute approximate surface area is 123 Å². The number of rotatable bonds is 5. The zero-order chi connectivity index (χ0) is 14.9. The van der Waals surface area contributed by atoms with Crippen molar-refractivity contribution in [1.29, 1.82) is 0 Å². The van der Waals surface area contributed by atoms with Gasteiger partial charge in [-0.1, -0.05) is 12.1 Å². The molecule has 1 heterocycles. The number of benzene rings is 1. The van der Waals surface area contributed by atoms with Crippen LogP contribution < -0.4 is 5.32 Å². The standard InChI is InChI=1S/C16H21F3N2/c17-16(18,19)13-5-3-12(4-6-13)10-21(15-7-8-15)11-14-2-1-9-20-14/h3-6,14-15,20H,1-2,7-11H2. The van der Waals surface area contributed by atoms with Crippen molar-refractivity contribution in [2.24, 2.45) is 0 Å². The molecule has 3 rings (SSSR count). The molecule has 1 saturated carbocycles. The van der Waals surface area contributed by atoms with Crippen molar-refractivity contribution in [3.8, 4) is 0 Å². The molecule has 2 nitrogen and oxygen atoms in total. The minimum absolute atomic E-state index is 0.542. The summed E-state index contributed by atoms with van der Waals surface area (Å²) in [6.45, 7) is 2.84. The van der Waals surface area contributed by atoms with Crippen LogP contribution in [0, 0.1) is 0 Å². The van der Waals surface area contributed by atoms with Crippen LogP contribution in [0.25, 0.3) is 0 Å². The van der Waals surface area contributed by atoms with Gasteiger partial charge in [-0.15, -0.1) is 0 Å². The maximum Gasteiger partial charge on any atom is 0.416 e. The van der Waals surface area contributed by atoms with Crippen LogP contribution in [0.2, 0.25) is 0 Å². The van der Waals surface area contributed by atoms with E-state index in [1.54, 1.807) is 12.1 Å². The Morgan fingerprint density at radius 2 is 1.81 bits per heavy atom. The van der Waals surface area contributed by atoms with Crippen molar-refractivity contribution in [2.75, 3.05) is 13.1 Å². The molecule has 0 radical (unpaired) electrons. The van der Waals surface area contributed by atoms with Gasteiger partial charge in [-0.25, -0.2) is 0 Å². The van der Waals surface area contributed by atoms with Gasteiger partial charge < -0.3 is 5.32 Å². The molecule has 1 aromatic rings. The predicted octanol–water partition coefficient (Wildman–Crippen LogP) is 3.42. The number of hydrogen-bond acceptors (Lipinski definition) is 2. The van der Waals surface area contributed by atoms with Crippen LogP contribution in [0.1, 0.15) is 36.8 Å². The van der Waals surface area contributed by atoms with Crippen LogP contribution in [0.15, 0.2) is 24.3 Å². The van der Waals surface area contributed by atoms with E-state index in [9.17, 15) is 13.2 Å². The summed E-state index contributed by atoms with van der Waals surface area (Å²) in [4.78, 5) is 2.42. The Balaban J connectivity index is 1.62. The molecule has 116 valence electrons. The highest BCUT2D eigenvalue weighted by Gasteiger charge is 2.32. The number of nitrogens with zero attached hydrogens (tertiary/aromatic N) is 1. The van der Waals surface area contributed by atoms with Gasteiger partial charge in [0.2, 0.25) is 0 Å². The first-order valence-corrected chi connectivity index (χ1v) is 7.66. The van der Waals surface area contributed by atoms with Gasteiger partial charge in [0.15, 0.2) is 0 Å². The second-order valence-electron chi connectivity index (χ2n) is 6.15. The highest BCUT2D eigenvalue weighted by molar-refractivity contribution is 5.24. The Morgan fingerprint density at radius 1 is 1.10 bits per heavy atom. The fourth-order valence-electron chi connectivity index (χ4n) is 3.01. The van der Waals surface area contributed by atoms with Crippen LogP contribution in [-0.2, 0) is 12.7 Å². The second kappa shape index (κ2) is 5.97. The molecule has 1 atom stereocenters. The van der Waals surface area contributed by atoms with E-state index in [4.69, 9.17) is 0 Å². The first-order valence-electron chi connectivity index (χ1n) is 7.66. The van der Waals surface area contributed by atoms with E-state index in [0.717, 1.165) is 25.2 Å². The maximum atomic E-state index is 12.6. The number of hydrogen-bond donors (Lipinski definition) is 1. The summed E-state index contributed by atoms with van der Waals surface area (Å²) in [6.07, 6.45) is 0.614. The molecule has 1 unspecified atom stereocenters. The van der Waals surface area contributed by atoms with Crippen molar-refractivity contribution < 1.29 is 13.2 Å². The molecule has 1 saturated heterocycles. The summed E-state index contributed by atoms with van der Waals surface area (Å²) >= 11 is 0. The van der Waals surface area contributed by atoms with Crippen LogP contribution in [0.4, 0.5) is 13.2 Å². The molecule has 21 heavy (non-hydrogen) atoms. The van der Waals surface area contributed by atoms with Crippen LogP contribution in [0.3, 0.4) is 0 Å². The van der Waals surface area contributed by atoms with Gasteiger partial charge in [-0.3, -0.25) is 4.90 Å². The molecule has 0 spiro atoms. The lowest BCUT2D eigenvalue weighted by Gasteiger charge is -2.25. The molecule has 1 aliphatic carbocycles. The fourth-order valence-corrected chi connectivity index (χ4v) is 3.01. The van der Waals surface area contributed by atoms with Crippen molar-refractivity contribution >= 4 is 0 Å². The van der Waals surface area contributed by atoms with Crippen molar-refractivity contribution in [1.82, 2.24) is 10.2 Å². The average Bonchev–Trinajstić information content (AvgIpc) is 3.16. The van der Waals surface area contributed by atoms with Crippen molar-refractivity contribution in [2.45, 2.75) is 50.5 Å². The fraction of sp³-hybridized carbons (Fsp3) is 0.625. The van der Waals surface area contributed by atoms with E-state index in [1.807, 2.05) is 0 Å². The van der Waals surface area contributed by atoms with Crippen molar-refractivity contribution in [3.63, 3.8) is 0 Å². The third kappa shape index (κ3) is 3.98. The summed E-state index contributed by atoms with van der Waals surface area (Å²) in [5, 5.41) is 3.49. The maximum absolute atomic E-state index is 12.6. The summed E-state index contributed by atoms with van der Waals surface area (Å²) in [6, 6.07) is 6.76. The smallest absolute Gasteiger partial charge is 0.313 e. The van der Waals surface area contributed by atoms with Gasteiger partial charge in [0.1, 0.15) is 0 Å². The Kier molecular flexibility index (Phi) is 4.22. The van der Waals surface area contributed by atoms with E-state index in [1.165, 1.54) is 37.8 Å². The van der Waals surface area contributed by atoms with E-state index >= 15 is 0 Å². The summed E-state index contributed by atoms with van der Waals surface area (Å²) < 4.78 is 37.7. The van der Waals surface area contributed by atoms with Gasteiger partial charge in [0.25, 0.3) is 0 Å². The Bertz CT molecular complexity index is 459. The zero-order valence-electron chi connectivity index (χ0n) is 12.0. The summed E-state index contributed by atoms with van der Waals surface area (Å²) in [5.74, 6) is 0. The molecular weight excluding hydrogens is 277 g/mol. The monoisotopic (exact) mass is 298 g/mol. The molecule has 2 aliphatic rings. The lowest BCUT2D eigenvalue weighted by atomic mass is 10.1. The van der Waals surface area contributed by atoms with Gasteiger partial charge in [-0.05, 0) is 49.9 Å². The van der Waals surface area contributed by atoms with Gasteiger partial charge in [0, 0.05) is 25.2 Å². The first-order chi connectivity index (χ1) is 10.0. The van der Waals surface area contributed by atoms with Gasteiger partial charge >= 0.3 is 6.18 Å². The van der Waals surface area contributed by atoms with E-state index in [-0.39, 0.29) is 0 Å². The normalized spacial score (nSPS) is 23.0. The second-order valence-corrected chi connectivity index (χ2v) is 6.15. The molecular formula is C16H21F3N2. The lowest BCUT2D eigenvalue weighted by Crippen LogP contribution is -2.38. The van der Waals surface area contributed by atoms with E-state index < -0.39 is 11.7 Å².